The van der Waals surface area contributed by atoms with E-state index >= 15 is 0 Å². The van der Waals surface area contributed by atoms with Crippen molar-refractivity contribution in [3.8, 4) is 0 Å². The van der Waals surface area contributed by atoms with Crippen molar-refractivity contribution in [1.82, 2.24) is 5.43 Å². The second kappa shape index (κ2) is 5.17. The van der Waals surface area contributed by atoms with E-state index < -0.39 is 0 Å². The second-order valence-corrected chi connectivity index (χ2v) is 2.63. The van der Waals surface area contributed by atoms with Crippen LogP contribution in [-0.4, -0.2) is 0 Å². The van der Waals surface area contributed by atoms with E-state index in [-0.39, 0.29) is 0 Å². The third-order valence-corrected chi connectivity index (χ3v) is 1.69. The molecule has 2 heteroatoms. The van der Waals surface area contributed by atoms with E-state index in [1.54, 1.807) is 6.20 Å². The Morgan fingerprint density at radius 1 is 1.31 bits per heavy atom. The zero-order valence-electron chi connectivity index (χ0n) is 7.70. The molecule has 0 fully saturated rings. The largest absolute Gasteiger partial charge is 0.331 e. The summed E-state index contributed by atoms with van der Waals surface area (Å²) in [6.45, 7) is 1.98. The third-order valence-electron chi connectivity index (χ3n) is 1.69. The maximum Gasteiger partial charge on any atom is 0.0201 e. The molecule has 0 bridgehead atoms. The van der Waals surface area contributed by atoms with Gasteiger partial charge in [0.1, 0.15) is 0 Å². The predicted molar refractivity (Wildman–Crippen MR) is 56.6 cm³/mol. The number of nitrogens with two attached hydrogens (primary N) is 1. The molecule has 13 heavy (non-hydrogen) atoms. The Labute approximate surface area is 78.7 Å². The number of hydrazine groups is 1. The number of hydrogen-bond acceptors (Lipinski definition) is 2. The van der Waals surface area contributed by atoms with E-state index in [1.807, 2.05) is 49.4 Å². The highest BCUT2D eigenvalue weighted by molar-refractivity contribution is 5.73. The van der Waals surface area contributed by atoms with Crippen molar-refractivity contribution in [3.63, 3.8) is 0 Å². The molecule has 3 N–H and O–H groups in total. The minimum Gasteiger partial charge on any atom is -0.331 e. The molecule has 0 heterocycles. The molecular weight excluding hydrogens is 160 g/mol. The maximum absolute atomic E-state index is 5.24. The van der Waals surface area contributed by atoms with Gasteiger partial charge in [-0.1, -0.05) is 42.5 Å². The highest BCUT2D eigenvalue weighted by atomic mass is 15.2. The van der Waals surface area contributed by atoms with Crippen LogP contribution >= 0.6 is 0 Å². The van der Waals surface area contributed by atoms with Gasteiger partial charge in [-0.15, -0.1) is 0 Å². The Balaban J connectivity index is 2.96. The lowest BCUT2D eigenvalue weighted by atomic mass is 10.1. The first-order valence-electron chi connectivity index (χ1n) is 4.23. The predicted octanol–water partition coefficient (Wildman–Crippen LogP) is 2.07. The molecule has 0 saturated heterocycles. The average molecular weight is 174 g/mol. The average Bonchev–Trinajstić information content (AvgIpc) is 2.19. The molecule has 0 unspecified atom stereocenters. The van der Waals surface area contributed by atoms with Gasteiger partial charge in [-0.3, -0.25) is 5.84 Å². The fourth-order valence-electron chi connectivity index (χ4n) is 1.13. The van der Waals surface area contributed by atoms with Crippen LogP contribution in [0.4, 0.5) is 0 Å². The lowest BCUT2D eigenvalue weighted by Gasteiger charge is -2.01. The van der Waals surface area contributed by atoms with Crippen LogP contribution in [0.5, 0.6) is 0 Å². The Morgan fingerprint density at radius 2 is 2.00 bits per heavy atom. The minimum atomic E-state index is 1.07. The molecule has 2 nitrogen and oxygen atoms in total. The summed E-state index contributed by atoms with van der Waals surface area (Å²) in [5, 5.41) is 0. The standard InChI is InChI=1S/C11H14N2/c1-2-6-11(9-13-12)10-7-4-3-5-8-10/h2-9,13H,12H2,1H3/b6-2-,11-9+. The van der Waals surface area contributed by atoms with E-state index in [9.17, 15) is 0 Å². The summed E-state index contributed by atoms with van der Waals surface area (Å²) in [4.78, 5) is 0. The van der Waals surface area contributed by atoms with Gasteiger partial charge < -0.3 is 5.43 Å². The van der Waals surface area contributed by atoms with Crippen molar-refractivity contribution in [1.29, 1.82) is 0 Å². The molecule has 0 aliphatic heterocycles. The number of allylic oxidation sites excluding steroid dienone is 3. The van der Waals surface area contributed by atoms with Gasteiger partial charge in [0, 0.05) is 6.20 Å². The number of hydrogen-bond donors (Lipinski definition) is 2. The van der Waals surface area contributed by atoms with E-state index in [0.29, 0.717) is 0 Å². The Hall–Kier alpha value is -1.54. The summed E-state index contributed by atoms with van der Waals surface area (Å²) in [5.41, 5.74) is 4.76. The lowest BCUT2D eigenvalue weighted by molar-refractivity contribution is 0.970. The second-order valence-electron chi connectivity index (χ2n) is 2.63. The van der Waals surface area contributed by atoms with E-state index in [0.717, 1.165) is 11.1 Å². The van der Waals surface area contributed by atoms with Gasteiger partial charge in [-0.25, -0.2) is 0 Å². The van der Waals surface area contributed by atoms with Crippen LogP contribution in [0.3, 0.4) is 0 Å². The zero-order chi connectivity index (χ0) is 9.52. The molecule has 0 spiro atoms. The SMILES string of the molecule is C/C=C\C(=C/NN)c1ccccc1. The van der Waals surface area contributed by atoms with Gasteiger partial charge in [0.15, 0.2) is 0 Å². The molecule has 0 aliphatic carbocycles. The summed E-state index contributed by atoms with van der Waals surface area (Å²) < 4.78 is 0. The van der Waals surface area contributed by atoms with Gasteiger partial charge in [-0.05, 0) is 18.1 Å². The summed E-state index contributed by atoms with van der Waals surface area (Å²) >= 11 is 0. The first-order chi connectivity index (χ1) is 6.38. The fraction of sp³-hybridized carbons (Fsp3) is 0.0909. The molecule has 0 atom stereocenters. The molecule has 1 rings (SSSR count). The Bertz CT molecular complexity index is 299. The van der Waals surface area contributed by atoms with Gasteiger partial charge >= 0.3 is 0 Å². The number of rotatable bonds is 3. The first-order valence-corrected chi connectivity index (χ1v) is 4.23. The Kier molecular flexibility index (Phi) is 3.79. The van der Waals surface area contributed by atoms with Gasteiger partial charge in [0.25, 0.3) is 0 Å². The van der Waals surface area contributed by atoms with Crippen molar-refractivity contribution >= 4 is 5.57 Å². The van der Waals surface area contributed by atoms with Gasteiger partial charge in [0.2, 0.25) is 0 Å². The van der Waals surface area contributed by atoms with E-state index in [1.165, 1.54) is 0 Å². The molecule has 68 valence electrons. The van der Waals surface area contributed by atoms with Crippen LogP contribution in [-0.2, 0) is 0 Å². The highest BCUT2D eigenvalue weighted by Crippen LogP contribution is 2.13. The molecule has 0 saturated carbocycles. The van der Waals surface area contributed by atoms with Crippen LogP contribution in [0, 0.1) is 0 Å². The lowest BCUT2D eigenvalue weighted by Crippen LogP contribution is -2.13. The van der Waals surface area contributed by atoms with Crippen LogP contribution < -0.4 is 11.3 Å². The van der Waals surface area contributed by atoms with Crippen molar-refractivity contribution < 1.29 is 0 Å². The number of nitrogens with one attached hydrogen (secondary N) is 1. The highest BCUT2D eigenvalue weighted by Gasteiger charge is 1.94. The monoisotopic (exact) mass is 174 g/mol. The third kappa shape index (κ3) is 2.76. The number of benzene rings is 1. The van der Waals surface area contributed by atoms with Crippen molar-refractivity contribution in [3.05, 3.63) is 54.2 Å². The minimum absolute atomic E-state index is 1.07. The molecule has 1 aromatic rings. The van der Waals surface area contributed by atoms with Crippen LogP contribution in [0.2, 0.25) is 0 Å². The van der Waals surface area contributed by atoms with Crippen molar-refractivity contribution in [2.45, 2.75) is 6.92 Å². The Morgan fingerprint density at radius 3 is 2.54 bits per heavy atom. The fourth-order valence-corrected chi connectivity index (χ4v) is 1.13. The summed E-state index contributed by atoms with van der Waals surface area (Å²) in [6, 6.07) is 10.1. The molecule has 0 radical (unpaired) electrons. The molecular formula is C11H14N2. The summed E-state index contributed by atoms with van der Waals surface area (Å²) in [6.07, 6.45) is 5.76. The van der Waals surface area contributed by atoms with Crippen LogP contribution in [0.25, 0.3) is 5.57 Å². The normalized spacial score (nSPS) is 12.0. The van der Waals surface area contributed by atoms with Gasteiger partial charge in [-0.2, -0.15) is 0 Å². The smallest absolute Gasteiger partial charge is 0.0201 e. The summed E-state index contributed by atoms with van der Waals surface area (Å²) in [7, 11) is 0. The van der Waals surface area contributed by atoms with Crippen molar-refractivity contribution in [2.24, 2.45) is 5.84 Å². The molecule has 0 aromatic heterocycles. The first kappa shape index (κ1) is 9.55. The quantitative estimate of drug-likeness (QED) is 0.418. The molecule has 0 amide bonds. The zero-order valence-corrected chi connectivity index (χ0v) is 7.70. The topological polar surface area (TPSA) is 38.0 Å². The van der Waals surface area contributed by atoms with Crippen LogP contribution in [0.1, 0.15) is 12.5 Å². The van der Waals surface area contributed by atoms with Crippen molar-refractivity contribution in [2.75, 3.05) is 0 Å². The molecule has 0 aliphatic rings. The van der Waals surface area contributed by atoms with E-state index in [4.69, 9.17) is 5.84 Å². The van der Waals surface area contributed by atoms with E-state index in [2.05, 4.69) is 5.43 Å². The molecule has 1 aromatic carbocycles. The van der Waals surface area contributed by atoms with Crippen LogP contribution in [0.15, 0.2) is 48.7 Å². The van der Waals surface area contributed by atoms with Gasteiger partial charge in [0.05, 0.1) is 0 Å². The summed E-state index contributed by atoms with van der Waals surface area (Å²) in [5.74, 6) is 5.24. The maximum atomic E-state index is 5.24.